The van der Waals surface area contributed by atoms with Gasteiger partial charge in [0.05, 0.1) is 0 Å². The molecule has 4 bridgehead atoms. The Kier molecular flexibility index (Phi) is 3.80. The molecule has 0 spiro atoms. The quantitative estimate of drug-likeness (QED) is 0.783. The molecule has 114 valence electrons. The highest BCUT2D eigenvalue weighted by Gasteiger charge is 2.51. The van der Waals surface area contributed by atoms with Crippen molar-refractivity contribution >= 4 is 5.91 Å². The first-order valence-electron chi connectivity index (χ1n) is 8.05. The van der Waals surface area contributed by atoms with E-state index in [1.807, 2.05) is 25.9 Å². The second kappa shape index (κ2) is 5.30. The van der Waals surface area contributed by atoms with Crippen molar-refractivity contribution in [2.24, 2.45) is 17.8 Å². The molecule has 20 heavy (non-hydrogen) atoms. The van der Waals surface area contributed by atoms with Crippen molar-refractivity contribution in [1.29, 1.82) is 0 Å². The molecule has 0 radical (unpaired) electrons. The molecule has 0 aromatic carbocycles. The number of amides is 1. The van der Waals surface area contributed by atoms with Crippen molar-refractivity contribution in [3.63, 3.8) is 0 Å². The van der Waals surface area contributed by atoms with Crippen LogP contribution in [0.15, 0.2) is 0 Å². The zero-order chi connectivity index (χ0) is 14.3. The molecular weight excluding hydrogens is 252 g/mol. The molecule has 1 amide bonds. The largest absolute Gasteiger partial charge is 0.354 e. The molecule has 1 unspecified atom stereocenters. The van der Waals surface area contributed by atoms with E-state index in [0.29, 0.717) is 0 Å². The first kappa shape index (κ1) is 14.3. The molecule has 4 aliphatic carbocycles. The maximum absolute atomic E-state index is 12.2. The minimum absolute atomic E-state index is 0.0166. The fourth-order valence-electron chi connectivity index (χ4n) is 4.94. The van der Waals surface area contributed by atoms with Gasteiger partial charge in [0.2, 0.25) is 5.91 Å². The summed E-state index contributed by atoms with van der Waals surface area (Å²) in [4.78, 5) is 14.2. The van der Waals surface area contributed by atoms with E-state index < -0.39 is 0 Å². The van der Waals surface area contributed by atoms with E-state index >= 15 is 0 Å². The fourth-order valence-corrected chi connectivity index (χ4v) is 4.94. The highest BCUT2D eigenvalue weighted by atomic mass is 16.5. The van der Waals surface area contributed by atoms with Gasteiger partial charge in [0.15, 0.2) is 0 Å². The molecule has 4 fully saturated rings. The average molecular weight is 280 g/mol. The Bertz CT molecular complexity index is 345. The molecule has 0 heterocycles. The van der Waals surface area contributed by atoms with Gasteiger partial charge in [0.25, 0.3) is 0 Å². The summed E-state index contributed by atoms with van der Waals surface area (Å²) < 4.78 is 5.59. The van der Waals surface area contributed by atoms with Gasteiger partial charge in [-0.1, -0.05) is 0 Å². The maximum Gasteiger partial charge on any atom is 0.246 e. The lowest BCUT2D eigenvalue weighted by atomic mass is 9.53. The normalized spacial score (nSPS) is 40.1. The number of hydrogen-bond acceptors (Lipinski definition) is 3. The zero-order valence-electron chi connectivity index (χ0n) is 13.0. The van der Waals surface area contributed by atoms with Gasteiger partial charge < -0.3 is 10.1 Å². The van der Waals surface area contributed by atoms with Crippen LogP contribution in [0.25, 0.3) is 0 Å². The first-order chi connectivity index (χ1) is 9.46. The minimum atomic E-state index is -0.0166. The Labute approximate surface area is 122 Å². The summed E-state index contributed by atoms with van der Waals surface area (Å²) in [6.07, 6.45) is 7.81. The fraction of sp³-hybridized carbons (Fsp3) is 0.938. The number of ether oxygens (including phenoxy) is 1. The SMILES string of the molecule is CC(OCC(=O)NC12CC3CC(CC(C3)C1)C2)N(C)C. The lowest BCUT2D eigenvalue weighted by Crippen LogP contribution is -2.60. The number of carbonyl (C=O) groups excluding carboxylic acids is 1. The van der Waals surface area contributed by atoms with Crippen molar-refractivity contribution in [2.45, 2.75) is 57.2 Å². The van der Waals surface area contributed by atoms with Gasteiger partial charge in [0.1, 0.15) is 12.8 Å². The van der Waals surface area contributed by atoms with Gasteiger partial charge in [-0.25, -0.2) is 0 Å². The van der Waals surface area contributed by atoms with Crippen LogP contribution >= 0.6 is 0 Å². The summed E-state index contributed by atoms with van der Waals surface area (Å²) in [5.74, 6) is 2.66. The molecular formula is C16H28N2O2. The molecule has 1 N–H and O–H groups in total. The molecule has 4 nitrogen and oxygen atoms in total. The monoisotopic (exact) mass is 280 g/mol. The van der Waals surface area contributed by atoms with Crippen molar-refractivity contribution in [3.05, 3.63) is 0 Å². The van der Waals surface area contributed by atoms with E-state index in [-0.39, 0.29) is 24.3 Å². The molecule has 0 aromatic heterocycles. The second-order valence-electron chi connectivity index (χ2n) is 7.62. The Balaban J connectivity index is 1.54. The molecule has 0 aromatic rings. The standard InChI is InChI=1S/C16H28N2O2/c1-11(18(2)3)20-10-15(19)17-16-7-12-4-13(8-16)6-14(5-12)9-16/h11-14H,4-10H2,1-3H3,(H,17,19). The van der Waals surface area contributed by atoms with E-state index in [1.54, 1.807) is 0 Å². The second-order valence-corrected chi connectivity index (χ2v) is 7.62. The average Bonchev–Trinajstić information content (AvgIpc) is 2.33. The van der Waals surface area contributed by atoms with Crippen molar-refractivity contribution < 1.29 is 9.53 Å². The van der Waals surface area contributed by atoms with Gasteiger partial charge in [-0.05, 0) is 77.3 Å². The van der Waals surface area contributed by atoms with Crippen LogP contribution in [0, 0.1) is 17.8 Å². The van der Waals surface area contributed by atoms with Gasteiger partial charge in [0, 0.05) is 5.54 Å². The lowest BCUT2D eigenvalue weighted by Gasteiger charge is -2.56. The van der Waals surface area contributed by atoms with Crippen LogP contribution < -0.4 is 5.32 Å². The molecule has 4 rings (SSSR count). The predicted octanol–water partition coefficient (Wildman–Crippen LogP) is 2.00. The molecule has 4 heteroatoms. The summed E-state index contributed by atoms with van der Waals surface area (Å²) in [5.41, 5.74) is 0.108. The summed E-state index contributed by atoms with van der Waals surface area (Å²) >= 11 is 0. The van der Waals surface area contributed by atoms with Crippen molar-refractivity contribution in [3.8, 4) is 0 Å². The third-order valence-corrected chi connectivity index (χ3v) is 5.63. The van der Waals surface area contributed by atoms with Crippen LogP contribution in [-0.2, 0) is 9.53 Å². The Morgan fingerprint density at radius 3 is 2.15 bits per heavy atom. The van der Waals surface area contributed by atoms with Crippen LogP contribution in [0.3, 0.4) is 0 Å². The minimum Gasteiger partial charge on any atom is -0.354 e. The maximum atomic E-state index is 12.2. The zero-order valence-corrected chi connectivity index (χ0v) is 13.0. The van der Waals surface area contributed by atoms with E-state index in [2.05, 4.69) is 5.32 Å². The predicted molar refractivity (Wildman–Crippen MR) is 78.1 cm³/mol. The summed E-state index contributed by atoms with van der Waals surface area (Å²) in [6, 6.07) is 0. The smallest absolute Gasteiger partial charge is 0.246 e. The Morgan fingerprint density at radius 2 is 1.70 bits per heavy atom. The number of nitrogens with one attached hydrogen (secondary N) is 1. The van der Waals surface area contributed by atoms with E-state index in [0.717, 1.165) is 17.8 Å². The van der Waals surface area contributed by atoms with Crippen LogP contribution in [0.5, 0.6) is 0 Å². The Morgan fingerprint density at radius 1 is 1.20 bits per heavy atom. The number of rotatable bonds is 5. The van der Waals surface area contributed by atoms with E-state index in [9.17, 15) is 4.79 Å². The summed E-state index contributed by atoms with van der Waals surface area (Å²) in [7, 11) is 3.92. The third-order valence-electron chi connectivity index (χ3n) is 5.63. The van der Waals surface area contributed by atoms with Crippen molar-refractivity contribution in [2.75, 3.05) is 20.7 Å². The summed E-state index contributed by atoms with van der Waals surface area (Å²) in [6.45, 7) is 2.15. The van der Waals surface area contributed by atoms with Gasteiger partial charge in [-0.3, -0.25) is 9.69 Å². The van der Waals surface area contributed by atoms with E-state index in [4.69, 9.17) is 4.74 Å². The van der Waals surface area contributed by atoms with Crippen LogP contribution in [0.1, 0.15) is 45.4 Å². The molecule has 1 atom stereocenters. The van der Waals surface area contributed by atoms with Crippen LogP contribution in [-0.4, -0.2) is 43.3 Å². The first-order valence-corrected chi connectivity index (χ1v) is 8.05. The van der Waals surface area contributed by atoms with Crippen LogP contribution in [0.4, 0.5) is 0 Å². The molecule has 4 aliphatic rings. The number of carbonyl (C=O) groups is 1. The lowest BCUT2D eigenvalue weighted by molar-refractivity contribution is -0.136. The number of nitrogens with zero attached hydrogens (tertiary/aromatic N) is 1. The third kappa shape index (κ3) is 2.86. The highest BCUT2D eigenvalue weighted by molar-refractivity contribution is 5.78. The number of hydrogen-bond donors (Lipinski definition) is 1. The van der Waals surface area contributed by atoms with Gasteiger partial charge in [-0.2, -0.15) is 0 Å². The van der Waals surface area contributed by atoms with Crippen LogP contribution in [0.2, 0.25) is 0 Å². The van der Waals surface area contributed by atoms with Crippen molar-refractivity contribution in [1.82, 2.24) is 10.2 Å². The molecule has 0 aliphatic heterocycles. The Hall–Kier alpha value is -0.610. The van der Waals surface area contributed by atoms with Gasteiger partial charge in [-0.15, -0.1) is 0 Å². The highest BCUT2D eigenvalue weighted by Crippen LogP contribution is 2.55. The summed E-state index contributed by atoms with van der Waals surface area (Å²) in [5, 5.41) is 3.34. The van der Waals surface area contributed by atoms with E-state index in [1.165, 1.54) is 38.5 Å². The topological polar surface area (TPSA) is 41.6 Å². The molecule has 4 saturated carbocycles. The van der Waals surface area contributed by atoms with Gasteiger partial charge >= 0.3 is 0 Å². The molecule has 0 saturated heterocycles.